The van der Waals surface area contributed by atoms with Crippen LogP contribution in [0, 0.1) is 5.92 Å². The molecule has 0 saturated heterocycles. The number of nitrogens with one attached hydrogen (secondary N) is 1. The van der Waals surface area contributed by atoms with Gasteiger partial charge in [-0.3, -0.25) is 14.9 Å². The van der Waals surface area contributed by atoms with Crippen LogP contribution >= 0.6 is 0 Å². The minimum absolute atomic E-state index is 0.100. The van der Waals surface area contributed by atoms with Crippen molar-refractivity contribution in [1.29, 1.82) is 0 Å². The van der Waals surface area contributed by atoms with Gasteiger partial charge in [0.1, 0.15) is 0 Å². The molecule has 4 heteroatoms. The lowest BCUT2D eigenvalue weighted by Gasteiger charge is -2.28. The number of unbranched alkanes of at least 4 members (excludes halogenated alkanes) is 2. The maximum atomic E-state index is 11.2. The number of carbonyl (C=O) groups is 1. The van der Waals surface area contributed by atoms with E-state index in [4.69, 9.17) is 5.21 Å². The summed E-state index contributed by atoms with van der Waals surface area (Å²) < 4.78 is 0. The number of nitrogens with zero attached hydrogens (tertiary/aromatic N) is 1. The van der Waals surface area contributed by atoms with Crippen LogP contribution < -0.4 is 5.48 Å². The van der Waals surface area contributed by atoms with Crippen molar-refractivity contribution in [2.45, 2.75) is 45.6 Å². The summed E-state index contributed by atoms with van der Waals surface area (Å²) in [5.74, 6) is -0.375. The number of carbonyl (C=O) groups excluding carboxylic acids is 1. The molecule has 4 nitrogen and oxygen atoms in total. The molecule has 1 aliphatic rings. The zero-order chi connectivity index (χ0) is 15.1. The fourth-order valence-corrected chi connectivity index (χ4v) is 2.95. The minimum atomic E-state index is -0.275. The first-order chi connectivity index (χ1) is 10.2. The fourth-order valence-electron chi connectivity index (χ4n) is 2.95. The summed E-state index contributed by atoms with van der Waals surface area (Å²) in [7, 11) is 0. The zero-order valence-electron chi connectivity index (χ0n) is 12.8. The molecule has 0 bridgehead atoms. The SMILES string of the molecule is CC(CCCCCN1CCc2ccccc2C1)C(=O)NO. The van der Waals surface area contributed by atoms with Crippen molar-refractivity contribution in [2.24, 2.45) is 5.92 Å². The van der Waals surface area contributed by atoms with Crippen LogP contribution in [0.4, 0.5) is 0 Å². The highest BCUT2D eigenvalue weighted by Crippen LogP contribution is 2.19. The third-order valence-electron chi connectivity index (χ3n) is 4.38. The first kappa shape index (κ1) is 16.0. The highest BCUT2D eigenvalue weighted by atomic mass is 16.5. The van der Waals surface area contributed by atoms with Crippen molar-refractivity contribution in [2.75, 3.05) is 13.1 Å². The smallest absolute Gasteiger partial charge is 0.246 e. The lowest BCUT2D eigenvalue weighted by Crippen LogP contribution is -2.31. The summed E-state index contributed by atoms with van der Waals surface area (Å²) in [5, 5.41) is 8.55. The van der Waals surface area contributed by atoms with Gasteiger partial charge in [0, 0.05) is 19.0 Å². The minimum Gasteiger partial charge on any atom is -0.299 e. The maximum Gasteiger partial charge on any atom is 0.246 e. The molecule has 2 N–H and O–H groups in total. The van der Waals surface area contributed by atoms with Gasteiger partial charge in [0.15, 0.2) is 0 Å². The molecule has 1 aromatic carbocycles. The summed E-state index contributed by atoms with van der Waals surface area (Å²) in [6.45, 7) is 5.21. The molecule has 116 valence electrons. The van der Waals surface area contributed by atoms with Gasteiger partial charge in [0.25, 0.3) is 0 Å². The fraction of sp³-hybridized carbons (Fsp3) is 0.588. The van der Waals surface area contributed by atoms with Crippen LogP contribution in [0.25, 0.3) is 0 Å². The maximum absolute atomic E-state index is 11.2. The Bertz CT molecular complexity index is 462. The number of fused-ring (bicyclic) bond motifs is 1. The molecular weight excluding hydrogens is 264 g/mol. The molecule has 1 heterocycles. The molecule has 1 atom stereocenters. The van der Waals surface area contributed by atoms with Gasteiger partial charge in [-0.2, -0.15) is 0 Å². The first-order valence-electron chi connectivity index (χ1n) is 7.94. The molecular formula is C17H26N2O2. The molecule has 0 radical (unpaired) electrons. The summed E-state index contributed by atoms with van der Waals surface area (Å²) in [4.78, 5) is 13.7. The molecule has 0 spiro atoms. The third kappa shape index (κ3) is 4.83. The molecule has 0 aromatic heterocycles. The van der Waals surface area contributed by atoms with Crippen LogP contribution in [0.2, 0.25) is 0 Å². The summed E-state index contributed by atoms with van der Waals surface area (Å²) >= 11 is 0. The molecule has 21 heavy (non-hydrogen) atoms. The van der Waals surface area contributed by atoms with Gasteiger partial charge in [0.2, 0.25) is 5.91 Å². The molecule has 0 aliphatic carbocycles. The zero-order valence-corrected chi connectivity index (χ0v) is 12.8. The number of hydroxylamine groups is 1. The Morgan fingerprint density at radius 2 is 2.05 bits per heavy atom. The summed E-state index contributed by atoms with van der Waals surface area (Å²) in [6, 6.07) is 8.71. The molecule has 1 aromatic rings. The van der Waals surface area contributed by atoms with Gasteiger partial charge >= 0.3 is 0 Å². The average molecular weight is 290 g/mol. The van der Waals surface area contributed by atoms with Crippen molar-refractivity contribution < 1.29 is 10.0 Å². The topological polar surface area (TPSA) is 52.6 Å². The number of hydrogen-bond donors (Lipinski definition) is 2. The largest absolute Gasteiger partial charge is 0.299 e. The third-order valence-corrected chi connectivity index (χ3v) is 4.38. The lowest BCUT2D eigenvalue weighted by molar-refractivity contribution is -0.133. The van der Waals surface area contributed by atoms with Gasteiger partial charge in [-0.25, -0.2) is 5.48 Å². The predicted molar refractivity (Wildman–Crippen MR) is 83.0 cm³/mol. The molecule has 1 amide bonds. The second kappa shape index (κ2) is 8.15. The summed E-state index contributed by atoms with van der Waals surface area (Å²) in [5.41, 5.74) is 4.69. The van der Waals surface area contributed by atoms with Gasteiger partial charge in [-0.1, -0.05) is 44.0 Å². The van der Waals surface area contributed by atoms with Gasteiger partial charge in [-0.15, -0.1) is 0 Å². The van der Waals surface area contributed by atoms with Crippen LogP contribution in [0.5, 0.6) is 0 Å². The molecule has 2 rings (SSSR count). The normalized spacial score (nSPS) is 16.3. The monoisotopic (exact) mass is 290 g/mol. The quantitative estimate of drug-likeness (QED) is 0.461. The van der Waals surface area contributed by atoms with Gasteiger partial charge in [0.05, 0.1) is 0 Å². The highest BCUT2D eigenvalue weighted by molar-refractivity contribution is 5.76. The number of benzene rings is 1. The Labute approximate surface area is 127 Å². The van der Waals surface area contributed by atoms with E-state index in [1.165, 1.54) is 17.5 Å². The highest BCUT2D eigenvalue weighted by Gasteiger charge is 2.15. The number of amides is 1. The molecule has 1 aliphatic heterocycles. The molecule has 1 unspecified atom stereocenters. The summed E-state index contributed by atoms with van der Waals surface area (Å²) in [6.07, 6.45) is 5.36. The van der Waals surface area contributed by atoms with Gasteiger partial charge in [-0.05, 0) is 36.9 Å². The van der Waals surface area contributed by atoms with E-state index in [1.807, 2.05) is 6.92 Å². The van der Waals surface area contributed by atoms with E-state index in [0.717, 1.165) is 45.3 Å². The van der Waals surface area contributed by atoms with Crippen LogP contribution in [-0.4, -0.2) is 29.1 Å². The van der Waals surface area contributed by atoms with Crippen molar-refractivity contribution in [1.82, 2.24) is 10.4 Å². The van der Waals surface area contributed by atoms with E-state index in [0.29, 0.717) is 0 Å². The second-order valence-corrected chi connectivity index (χ2v) is 6.02. The van der Waals surface area contributed by atoms with Crippen LogP contribution in [-0.2, 0) is 17.8 Å². The van der Waals surface area contributed by atoms with E-state index in [9.17, 15) is 4.79 Å². The Morgan fingerprint density at radius 1 is 1.29 bits per heavy atom. The number of hydrogen-bond acceptors (Lipinski definition) is 3. The predicted octanol–water partition coefficient (Wildman–Crippen LogP) is 2.75. The standard InChI is InChI=1S/C17H26N2O2/c1-14(17(20)18-21)7-3-2-6-11-19-12-10-15-8-4-5-9-16(15)13-19/h4-5,8-9,14,21H,2-3,6-7,10-13H2,1H3,(H,18,20). The van der Waals surface area contributed by atoms with Crippen molar-refractivity contribution in [3.05, 3.63) is 35.4 Å². The Morgan fingerprint density at radius 3 is 2.81 bits per heavy atom. The van der Waals surface area contributed by atoms with Gasteiger partial charge < -0.3 is 0 Å². The van der Waals surface area contributed by atoms with E-state index < -0.39 is 0 Å². The average Bonchev–Trinajstić information content (AvgIpc) is 2.53. The van der Waals surface area contributed by atoms with Crippen LogP contribution in [0.1, 0.15) is 43.7 Å². The van der Waals surface area contributed by atoms with Crippen molar-refractivity contribution in [3.63, 3.8) is 0 Å². The van der Waals surface area contributed by atoms with Crippen molar-refractivity contribution >= 4 is 5.91 Å². The Hall–Kier alpha value is -1.39. The Kier molecular flexibility index (Phi) is 6.21. The lowest BCUT2D eigenvalue weighted by atomic mass is 9.99. The van der Waals surface area contributed by atoms with Crippen LogP contribution in [0.3, 0.4) is 0 Å². The first-order valence-corrected chi connectivity index (χ1v) is 7.94. The second-order valence-electron chi connectivity index (χ2n) is 6.02. The van der Waals surface area contributed by atoms with E-state index in [2.05, 4.69) is 29.2 Å². The van der Waals surface area contributed by atoms with E-state index >= 15 is 0 Å². The van der Waals surface area contributed by atoms with E-state index in [1.54, 1.807) is 5.48 Å². The number of rotatable bonds is 7. The molecule has 0 fully saturated rings. The Balaban J connectivity index is 1.61. The van der Waals surface area contributed by atoms with E-state index in [-0.39, 0.29) is 11.8 Å². The van der Waals surface area contributed by atoms with Crippen molar-refractivity contribution in [3.8, 4) is 0 Å². The van der Waals surface area contributed by atoms with Crippen LogP contribution in [0.15, 0.2) is 24.3 Å². The molecule has 0 saturated carbocycles.